The molecule has 2 nitrogen and oxygen atoms in total. The summed E-state index contributed by atoms with van der Waals surface area (Å²) in [5.74, 6) is 2.21. The third kappa shape index (κ3) is 4.80. The maximum Gasteiger partial charge on any atom is 0.119 e. The third-order valence-corrected chi connectivity index (χ3v) is 4.05. The van der Waals surface area contributed by atoms with Crippen molar-refractivity contribution in [3.05, 3.63) is 65.7 Å². The fourth-order valence-electron chi connectivity index (χ4n) is 2.52. The predicted molar refractivity (Wildman–Crippen MR) is 92.4 cm³/mol. The van der Waals surface area contributed by atoms with Crippen LogP contribution in [-0.4, -0.2) is 31.4 Å². The van der Waals surface area contributed by atoms with Crippen LogP contribution in [-0.2, 0) is 6.54 Å². The lowest BCUT2D eigenvalue weighted by molar-refractivity contribution is 0.310. The molecule has 0 aromatic heterocycles. The number of methoxy groups -OCH3 is 1. The van der Waals surface area contributed by atoms with Crippen molar-refractivity contribution in [3.63, 3.8) is 0 Å². The zero-order chi connectivity index (χ0) is 15.1. The lowest BCUT2D eigenvalue weighted by Gasteiger charge is -2.23. The lowest BCUT2D eigenvalue weighted by atomic mass is 10.0. The Balaban J connectivity index is 1.98. The molecule has 2 aromatic carbocycles. The van der Waals surface area contributed by atoms with Crippen LogP contribution in [0.3, 0.4) is 0 Å². The second-order valence-electron chi connectivity index (χ2n) is 5.34. The molecule has 2 rings (SSSR count). The van der Waals surface area contributed by atoms with Gasteiger partial charge in [-0.05, 0) is 36.1 Å². The van der Waals surface area contributed by atoms with Crippen LogP contribution in [0.2, 0.25) is 0 Å². The van der Waals surface area contributed by atoms with E-state index in [2.05, 4.69) is 67.0 Å². The van der Waals surface area contributed by atoms with E-state index in [-0.39, 0.29) is 0 Å². The summed E-state index contributed by atoms with van der Waals surface area (Å²) < 4.78 is 5.28. The SMILES string of the molecule is COc1cccc(CN(C)CC(CS)c2ccccc2)c1. The minimum atomic E-state index is 0.449. The van der Waals surface area contributed by atoms with E-state index in [0.29, 0.717) is 5.92 Å². The van der Waals surface area contributed by atoms with Crippen LogP contribution in [0.25, 0.3) is 0 Å². The fraction of sp³-hybridized carbons (Fsp3) is 0.333. The molecule has 0 aliphatic heterocycles. The number of likely N-dealkylation sites (N-methyl/N-ethyl adjacent to an activating group) is 1. The van der Waals surface area contributed by atoms with E-state index >= 15 is 0 Å². The van der Waals surface area contributed by atoms with Gasteiger partial charge in [0.25, 0.3) is 0 Å². The van der Waals surface area contributed by atoms with E-state index in [4.69, 9.17) is 4.74 Å². The van der Waals surface area contributed by atoms with E-state index in [1.807, 2.05) is 12.1 Å². The molecule has 0 N–H and O–H groups in total. The second kappa shape index (κ2) is 8.11. The van der Waals surface area contributed by atoms with E-state index in [9.17, 15) is 0 Å². The average Bonchev–Trinajstić information content (AvgIpc) is 2.53. The number of hydrogen-bond acceptors (Lipinski definition) is 3. The van der Waals surface area contributed by atoms with Crippen molar-refractivity contribution in [1.82, 2.24) is 4.90 Å². The number of benzene rings is 2. The molecular formula is C18H23NOS. The largest absolute Gasteiger partial charge is 0.497 e. The number of rotatable bonds is 7. The molecule has 0 fully saturated rings. The van der Waals surface area contributed by atoms with Crippen molar-refractivity contribution in [2.75, 3.05) is 26.5 Å². The molecule has 0 amide bonds. The Morgan fingerprint density at radius 3 is 2.52 bits per heavy atom. The quantitative estimate of drug-likeness (QED) is 0.780. The standard InChI is InChI=1S/C18H23NOS/c1-19(12-15-7-6-10-18(11-15)20-2)13-17(14-21)16-8-4-3-5-9-16/h3-11,17,21H,12-14H2,1-2H3. The summed E-state index contributed by atoms with van der Waals surface area (Å²) in [6.45, 7) is 1.90. The summed E-state index contributed by atoms with van der Waals surface area (Å²) in [5, 5.41) is 0. The molecule has 1 atom stereocenters. The van der Waals surface area contributed by atoms with Crippen LogP contribution in [0.4, 0.5) is 0 Å². The zero-order valence-corrected chi connectivity index (χ0v) is 13.6. The highest BCUT2D eigenvalue weighted by Crippen LogP contribution is 2.20. The first-order valence-corrected chi connectivity index (χ1v) is 7.83. The first kappa shape index (κ1) is 15.9. The van der Waals surface area contributed by atoms with Gasteiger partial charge in [0.05, 0.1) is 7.11 Å². The van der Waals surface area contributed by atoms with Crippen molar-refractivity contribution in [3.8, 4) is 5.75 Å². The molecule has 112 valence electrons. The van der Waals surface area contributed by atoms with Gasteiger partial charge in [0.1, 0.15) is 5.75 Å². The van der Waals surface area contributed by atoms with Gasteiger partial charge < -0.3 is 9.64 Å². The Kier molecular flexibility index (Phi) is 6.15. The molecule has 0 spiro atoms. The van der Waals surface area contributed by atoms with Crippen LogP contribution in [0.1, 0.15) is 17.0 Å². The molecule has 21 heavy (non-hydrogen) atoms. The van der Waals surface area contributed by atoms with Crippen LogP contribution in [0, 0.1) is 0 Å². The Morgan fingerprint density at radius 2 is 1.86 bits per heavy atom. The molecule has 0 bridgehead atoms. The van der Waals surface area contributed by atoms with Crippen LogP contribution >= 0.6 is 12.6 Å². The number of ether oxygens (including phenoxy) is 1. The number of nitrogens with zero attached hydrogens (tertiary/aromatic N) is 1. The van der Waals surface area contributed by atoms with Gasteiger partial charge in [-0.25, -0.2) is 0 Å². The van der Waals surface area contributed by atoms with Gasteiger partial charge in [-0.15, -0.1) is 0 Å². The summed E-state index contributed by atoms with van der Waals surface area (Å²) in [7, 11) is 3.86. The molecule has 0 aliphatic rings. The topological polar surface area (TPSA) is 12.5 Å². The first-order valence-electron chi connectivity index (χ1n) is 7.20. The van der Waals surface area contributed by atoms with E-state index in [0.717, 1.165) is 24.6 Å². The molecule has 0 aliphatic carbocycles. The van der Waals surface area contributed by atoms with E-state index in [1.165, 1.54) is 11.1 Å². The highest BCUT2D eigenvalue weighted by atomic mass is 32.1. The van der Waals surface area contributed by atoms with Crippen LogP contribution in [0.15, 0.2) is 54.6 Å². The number of thiol groups is 1. The maximum absolute atomic E-state index is 5.28. The second-order valence-corrected chi connectivity index (χ2v) is 5.70. The monoisotopic (exact) mass is 301 g/mol. The molecule has 0 saturated carbocycles. The Bertz CT molecular complexity index is 544. The van der Waals surface area contributed by atoms with E-state index in [1.54, 1.807) is 7.11 Å². The van der Waals surface area contributed by atoms with Crippen molar-refractivity contribution in [1.29, 1.82) is 0 Å². The summed E-state index contributed by atoms with van der Waals surface area (Å²) in [6, 6.07) is 18.8. The summed E-state index contributed by atoms with van der Waals surface area (Å²) in [6.07, 6.45) is 0. The van der Waals surface area contributed by atoms with Crippen molar-refractivity contribution in [2.24, 2.45) is 0 Å². The predicted octanol–water partition coefficient (Wildman–Crippen LogP) is 3.84. The van der Waals surface area contributed by atoms with Gasteiger partial charge >= 0.3 is 0 Å². The van der Waals surface area contributed by atoms with Crippen molar-refractivity contribution >= 4 is 12.6 Å². The van der Waals surface area contributed by atoms with Gasteiger partial charge in [-0.2, -0.15) is 12.6 Å². The fourth-order valence-corrected chi connectivity index (χ4v) is 2.84. The molecule has 1 unspecified atom stereocenters. The van der Waals surface area contributed by atoms with Crippen LogP contribution < -0.4 is 4.74 Å². The average molecular weight is 301 g/mol. The summed E-state index contributed by atoms with van der Waals surface area (Å²) in [5.41, 5.74) is 2.62. The van der Waals surface area contributed by atoms with Gasteiger partial charge in [0.2, 0.25) is 0 Å². The molecular weight excluding hydrogens is 278 g/mol. The minimum Gasteiger partial charge on any atom is -0.497 e. The lowest BCUT2D eigenvalue weighted by Crippen LogP contribution is -2.25. The maximum atomic E-state index is 5.28. The highest BCUT2D eigenvalue weighted by molar-refractivity contribution is 7.80. The van der Waals surface area contributed by atoms with Gasteiger partial charge in [0, 0.05) is 19.0 Å². The molecule has 0 radical (unpaired) electrons. The molecule has 2 aromatic rings. The summed E-state index contributed by atoms with van der Waals surface area (Å²) in [4.78, 5) is 2.34. The smallest absolute Gasteiger partial charge is 0.119 e. The first-order chi connectivity index (χ1) is 10.2. The van der Waals surface area contributed by atoms with Gasteiger partial charge in [-0.3, -0.25) is 0 Å². The Hall–Kier alpha value is -1.45. The Labute approximate surface area is 133 Å². The molecule has 0 heterocycles. The minimum absolute atomic E-state index is 0.449. The molecule has 3 heteroatoms. The Morgan fingerprint density at radius 1 is 1.10 bits per heavy atom. The van der Waals surface area contributed by atoms with Gasteiger partial charge in [-0.1, -0.05) is 42.5 Å². The zero-order valence-electron chi connectivity index (χ0n) is 12.7. The van der Waals surface area contributed by atoms with Crippen LogP contribution in [0.5, 0.6) is 5.75 Å². The van der Waals surface area contributed by atoms with Gasteiger partial charge in [0.15, 0.2) is 0 Å². The van der Waals surface area contributed by atoms with Crippen molar-refractivity contribution in [2.45, 2.75) is 12.5 Å². The third-order valence-electron chi connectivity index (χ3n) is 3.61. The molecule has 0 saturated heterocycles. The number of hydrogen-bond donors (Lipinski definition) is 1. The highest BCUT2D eigenvalue weighted by Gasteiger charge is 2.12. The van der Waals surface area contributed by atoms with Crippen molar-refractivity contribution < 1.29 is 4.74 Å². The normalized spacial score (nSPS) is 12.4. The summed E-state index contributed by atoms with van der Waals surface area (Å²) >= 11 is 4.51. The van der Waals surface area contributed by atoms with E-state index < -0.39 is 0 Å².